The van der Waals surface area contributed by atoms with Gasteiger partial charge in [0.15, 0.2) is 6.10 Å². The van der Waals surface area contributed by atoms with Crippen molar-refractivity contribution in [3.8, 4) is 0 Å². The maximum Gasteiger partial charge on any atom is 0.375 e. The number of nitrogens with one attached hydrogen (secondary N) is 1. The molecule has 8 nitrogen and oxygen atoms in total. The Balaban J connectivity index is 1.54. The van der Waals surface area contributed by atoms with Gasteiger partial charge < -0.3 is 14.5 Å². The van der Waals surface area contributed by atoms with Crippen molar-refractivity contribution in [1.29, 1.82) is 0 Å². The lowest BCUT2D eigenvalue weighted by Crippen LogP contribution is -2.41. The predicted octanol–water partition coefficient (Wildman–Crippen LogP) is 2.10. The smallest absolute Gasteiger partial charge is 0.375 e. The van der Waals surface area contributed by atoms with Crippen molar-refractivity contribution in [2.75, 3.05) is 18.8 Å². The van der Waals surface area contributed by atoms with Gasteiger partial charge in [0.1, 0.15) is 5.58 Å². The van der Waals surface area contributed by atoms with E-state index in [0.717, 1.165) is 22.0 Å². The van der Waals surface area contributed by atoms with E-state index in [2.05, 4.69) is 5.32 Å². The van der Waals surface area contributed by atoms with E-state index in [0.29, 0.717) is 11.1 Å². The van der Waals surface area contributed by atoms with E-state index < -0.39 is 18.0 Å². The van der Waals surface area contributed by atoms with Gasteiger partial charge in [0, 0.05) is 24.0 Å². The average molecular weight is 390 g/mol. The number of esters is 1. The number of para-hydroxylation sites is 1. The molecule has 1 aliphatic rings. The number of carbonyl (C=O) groups excluding carboxylic acids is 4. The van der Waals surface area contributed by atoms with E-state index in [1.807, 2.05) is 12.1 Å². The van der Waals surface area contributed by atoms with Crippen LogP contribution in [0.4, 0.5) is 4.79 Å². The van der Waals surface area contributed by atoms with Crippen molar-refractivity contribution in [3.63, 3.8) is 0 Å². The quantitative estimate of drug-likeness (QED) is 0.753. The molecule has 0 saturated carbocycles. The molecular formula is C18H18N2O6S. The van der Waals surface area contributed by atoms with E-state index in [1.54, 1.807) is 19.1 Å². The van der Waals surface area contributed by atoms with Crippen LogP contribution < -0.4 is 5.32 Å². The molecule has 0 aliphatic carbocycles. The Bertz CT molecular complexity index is 906. The minimum atomic E-state index is -1.05. The molecule has 2 aromatic rings. The van der Waals surface area contributed by atoms with Gasteiger partial charge in [-0.1, -0.05) is 30.0 Å². The second-order valence-corrected chi connectivity index (χ2v) is 6.92. The van der Waals surface area contributed by atoms with Gasteiger partial charge >= 0.3 is 5.97 Å². The molecule has 27 heavy (non-hydrogen) atoms. The number of benzene rings is 1. The first-order chi connectivity index (χ1) is 12.9. The highest BCUT2D eigenvalue weighted by Gasteiger charge is 2.30. The number of nitrogens with zero attached hydrogens (tertiary/aromatic N) is 1. The Morgan fingerprint density at radius 3 is 2.74 bits per heavy atom. The zero-order valence-corrected chi connectivity index (χ0v) is 15.6. The molecule has 0 spiro atoms. The number of carbonyl (C=O) groups is 4. The summed E-state index contributed by atoms with van der Waals surface area (Å²) in [5.41, 5.74) is 1.21. The van der Waals surface area contributed by atoms with Gasteiger partial charge in [-0.3, -0.25) is 19.3 Å². The first-order valence-corrected chi connectivity index (χ1v) is 9.31. The van der Waals surface area contributed by atoms with Crippen molar-refractivity contribution < 1.29 is 28.3 Å². The summed E-state index contributed by atoms with van der Waals surface area (Å²) >= 11 is 0.933. The normalized spacial score (nSPS) is 15.3. The van der Waals surface area contributed by atoms with E-state index in [9.17, 15) is 19.2 Å². The van der Waals surface area contributed by atoms with Crippen LogP contribution in [0.1, 0.15) is 23.0 Å². The summed E-state index contributed by atoms with van der Waals surface area (Å²) in [6.45, 7) is 3.35. The molecule has 0 unspecified atom stereocenters. The maximum atomic E-state index is 12.3. The number of fused-ring (bicyclic) bond motifs is 1. The fraction of sp³-hybridized carbons (Fsp3) is 0.333. The molecule has 3 rings (SSSR count). The van der Waals surface area contributed by atoms with Crippen molar-refractivity contribution in [1.82, 2.24) is 10.2 Å². The molecule has 1 aromatic carbocycles. The van der Waals surface area contributed by atoms with Crippen LogP contribution in [0.15, 0.2) is 28.7 Å². The second-order valence-electron chi connectivity index (χ2n) is 5.99. The Morgan fingerprint density at radius 1 is 1.33 bits per heavy atom. The number of hydrogen-bond donors (Lipinski definition) is 1. The van der Waals surface area contributed by atoms with Crippen molar-refractivity contribution in [2.45, 2.75) is 20.0 Å². The molecule has 2 heterocycles. The fourth-order valence-electron chi connectivity index (χ4n) is 2.67. The van der Waals surface area contributed by atoms with Crippen LogP contribution in [0.25, 0.3) is 11.0 Å². The first-order valence-electron chi connectivity index (χ1n) is 8.32. The van der Waals surface area contributed by atoms with E-state index in [4.69, 9.17) is 9.15 Å². The summed E-state index contributed by atoms with van der Waals surface area (Å²) in [4.78, 5) is 48.5. The van der Waals surface area contributed by atoms with Crippen molar-refractivity contribution >= 4 is 45.8 Å². The maximum absolute atomic E-state index is 12.3. The van der Waals surface area contributed by atoms with Crippen LogP contribution in [0.3, 0.4) is 0 Å². The number of imide groups is 1. The summed E-state index contributed by atoms with van der Waals surface area (Å²) in [5, 5.41) is 3.03. The molecule has 1 saturated heterocycles. The Kier molecular flexibility index (Phi) is 5.50. The van der Waals surface area contributed by atoms with Gasteiger partial charge in [-0.05, 0) is 19.9 Å². The van der Waals surface area contributed by atoms with Crippen molar-refractivity contribution in [2.24, 2.45) is 0 Å². The van der Waals surface area contributed by atoms with Crippen LogP contribution in [-0.4, -0.2) is 52.9 Å². The van der Waals surface area contributed by atoms with Crippen LogP contribution in [0, 0.1) is 6.92 Å². The molecule has 142 valence electrons. The standard InChI is InChI=1S/C18H18N2O6S/c1-10-12-5-3-4-6-13(12)26-15(10)17(23)25-11(2)16(22)19-7-8-20-14(21)9-27-18(20)24/h3-6,11H,7-9H2,1-2H3,(H,19,22)/t11-/m1/s1. The molecule has 0 radical (unpaired) electrons. The van der Waals surface area contributed by atoms with Gasteiger partial charge in [0.25, 0.3) is 11.1 Å². The molecular weight excluding hydrogens is 372 g/mol. The zero-order valence-electron chi connectivity index (χ0n) is 14.8. The molecule has 1 aliphatic heterocycles. The minimum absolute atomic E-state index is 0.0566. The van der Waals surface area contributed by atoms with Crippen LogP contribution in [0.2, 0.25) is 0 Å². The highest BCUT2D eigenvalue weighted by atomic mass is 32.2. The third-order valence-corrected chi connectivity index (χ3v) is 5.02. The van der Waals surface area contributed by atoms with E-state index in [-0.39, 0.29) is 35.7 Å². The summed E-state index contributed by atoms with van der Waals surface area (Å²) in [6, 6.07) is 7.21. The molecule has 0 bridgehead atoms. The zero-order chi connectivity index (χ0) is 19.6. The van der Waals surface area contributed by atoms with Crippen molar-refractivity contribution in [3.05, 3.63) is 35.6 Å². The number of hydrogen-bond acceptors (Lipinski definition) is 7. The fourth-order valence-corrected chi connectivity index (χ4v) is 3.42. The summed E-state index contributed by atoms with van der Waals surface area (Å²) in [5.74, 6) is -1.35. The Hall–Kier alpha value is -2.81. The third kappa shape index (κ3) is 3.97. The van der Waals surface area contributed by atoms with Gasteiger partial charge in [-0.15, -0.1) is 0 Å². The lowest BCUT2D eigenvalue weighted by molar-refractivity contribution is -0.130. The minimum Gasteiger partial charge on any atom is -0.449 e. The second kappa shape index (κ2) is 7.83. The largest absolute Gasteiger partial charge is 0.449 e. The van der Waals surface area contributed by atoms with E-state index in [1.165, 1.54) is 6.92 Å². The summed E-state index contributed by atoms with van der Waals surface area (Å²) < 4.78 is 10.7. The SMILES string of the molecule is Cc1c(C(=O)O[C@H](C)C(=O)NCCN2C(=O)CSC2=O)oc2ccccc12. The topological polar surface area (TPSA) is 106 Å². The van der Waals surface area contributed by atoms with Gasteiger partial charge in [0.2, 0.25) is 11.7 Å². The number of ether oxygens (including phenoxy) is 1. The first kappa shape index (κ1) is 19.0. The molecule has 1 fully saturated rings. The number of thioether (sulfide) groups is 1. The van der Waals surface area contributed by atoms with Gasteiger partial charge in [-0.25, -0.2) is 4.79 Å². The van der Waals surface area contributed by atoms with Crippen LogP contribution in [-0.2, 0) is 14.3 Å². The number of aryl methyl sites for hydroxylation is 1. The van der Waals surface area contributed by atoms with Crippen LogP contribution in [0.5, 0.6) is 0 Å². The number of rotatable bonds is 6. The summed E-state index contributed by atoms with van der Waals surface area (Å²) in [6.07, 6.45) is -1.05. The average Bonchev–Trinajstić information content (AvgIpc) is 3.15. The number of amides is 3. The summed E-state index contributed by atoms with van der Waals surface area (Å²) in [7, 11) is 0. The molecule has 1 aromatic heterocycles. The molecule has 9 heteroatoms. The molecule has 1 atom stereocenters. The third-order valence-electron chi connectivity index (χ3n) is 4.16. The van der Waals surface area contributed by atoms with Gasteiger partial charge in [-0.2, -0.15) is 0 Å². The van der Waals surface area contributed by atoms with Crippen LogP contribution >= 0.6 is 11.8 Å². The van der Waals surface area contributed by atoms with Gasteiger partial charge in [0.05, 0.1) is 5.75 Å². The molecule has 1 N–H and O–H groups in total. The molecule has 3 amide bonds. The Labute approximate surface area is 159 Å². The lowest BCUT2D eigenvalue weighted by atomic mass is 10.1. The van der Waals surface area contributed by atoms with E-state index >= 15 is 0 Å². The number of furan rings is 1. The lowest BCUT2D eigenvalue weighted by Gasteiger charge is -2.15. The highest BCUT2D eigenvalue weighted by molar-refractivity contribution is 8.14. The predicted molar refractivity (Wildman–Crippen MR) is 98.4 cm³/mol. The Morgan fingerprint density at radius 2 is 2.07 bits per heavy atom. The highest BCUT2D eigenvalue weighted by Crippen LogP contribution is 2.25. The monoisotopic (exact) mass is 390 g/mol.